The maximum atomic E-state index is 11.7. The Kier molecular flexibility index (Phi) is 3.68. The third kappa shape index (κ3) is 2.82. The van der Waals surface area contributed by atoms with E-state index in [1.165, 1.54) is 16.8 Å². The summed E-state index contributed by atoms with van der Waals surface area (Å²) in [6, 6.07) is 1.33. The van der Waals surface area contributed by atoms with Gasteiger partial charge < -0.3 is 9.84 Å². The number of fused-ring (bicyclic) bond motifs is 1. The molecule has 6 nitrogen and oxygen atoms in total. The van der Waals surface area contributed by atoms with Crippen LogP contribution in [-0.2, 0) is 6.42 Å². The first-order valence-electron chi connectivity index (χ1n) is 6.64. The van der Waals surface area contributed by atoms with Crippen LogP contribution in [0.3, 0.4) is 0 Å². The molecule has 0 bridgehead atoms. The molecule has 0 saturated heterocycles. The van der Waals surface area contributed by atoms with Gasteiger partial charge in [0.25, 0.3) is 0 Å². The first kappa shape index (κ1) is 13.1. The van der Waals surface area contributed by atoms with Gasteiger partial charge in [-0.05, 0) is 26.2 Å². The van der Waals surface area contributed by atoms with E-state index in [1.54, 1.807) is 17.4 Å². The van der Waals surface area contributed by atoms with Crippen molar-refractivity contribution < 1.29 is 9.32 Å². The average molecular weight is 292 g/mol. The van der Waals surface area contributed by atoms with Crippen molar-refractivity contribution >= 4 is 23.2 Å². The molecule has 2 heterocycles. The molecule has 0 fully saturated rings. The average Bonchev–Trinajstić information content (AvgIpc) is 3.04. The summed E-state index contributed by atoms with van der Waals surface area (Å²) < 4.78 is 4.66. The number of carbonyl (C=O) groups excluding carboxylic acids is 1. The van der Waals surface area contributed by atoms with Crippen LogP contribution in [0, 0.1) is 6.92 Å². The van der Waals surface area contributed by atoms with Gasteiger partial charge in [0.05, 0.1) is 10.7 Å². The van der Waals surface area contributed by atoms with E-state index in [2.05, 4.69) is 25.3 Å². The van der Waals surface area contributed by atoms with Gasteiger partial charge in [0.15, 0.2) is 5.82 Å². The number of aryl methyl sites for hydroxylation is 2. The van der Waals surface area contributed by atoms with E-state index in [9.17, 15) is 4.79 Å². The Morgan fingerprint density at radius 2 is 2.50 bits per heavy atom. The van der Waals surface area contributed by atoms with Crippen LogP contribution in [0.1, 0.15) is 34.3 Å². The lowest BCUT2D eigenvalue weighted by Crippen LogP contribution is -2.33. The zero-order valence-electron chi connectivity index (χ0n) is 11.2. The number of carbonyl (C=O) groups is 1. The quantitative estimate of drug-likeness (QED) is 0.911. The number of nitrogens with one attached hydrogen (secondary N) is 2. The van der Waals surface area contributed by atoms with Gasteiger partial charge in [0, 0.05) is 23.4 Å². The van der Waals surface area contributed by atoms with Crippen molar-refractivity contribution in [2.45, 2.75) is 32.1 Å². The molecule has 20 heavy (non-hydrogen) atoms. The molecule has 0 saturated carbocycles. The van der Waals surface area contributed by atoms with Crippen LogP contribution in [-0.4, -0.2) is 22.7 Å². The van der Waals surface area contributed by atoms with E-state index in [0.29, 0.717) is 18.3 Å². The van der Waals surface area contributed by atoms with Crippen molar-refractivity contribution in [3.63, 3.8) is 0 Å². The largest absolute Gasteiger partial charge is 0.363 e. The molecule has 2 aromatic heterocycles. The molecule has 0 radical (unpaired) electrons. The standard InChI is InChI=1S/C13H16N4O2S/c1-8-15-12-9(3-2-4-10(12)20-8)7-14-13(18)16-11-5-6-19-17-11/h5-6,9H,2-4,7H2,1H3,(H2,14,16,17,18)/t9-/m0/s1. The molecule has 0 spiro atoms. The van der Waals surface area contributed by atoms with Crippen molar-refractivity contribution in [1.82, 2.24) is 15.5 Å². The first-order valence-corrected chi connectivity index (χ1v) is 7.45. The number of amides is 2. The molecule has 0 unspecified atom stereocenters. The molecular formula is C13H16N4O2S. The summed E-state index contributed by atoms with van der Waals surface area (Å²) in [5.41, 5.74) is 1.17. The number of nitrogens with zero attached hydrogens (tertiary/aromatic N) is 2. The molecule has 2 aromatic rings. The molecule has 0 aliphatic heterocycles. The summed E-state index contributed by atoms with van der Waals surface area (Å²) in [5.74, 6) is 0.725. The second-order valence-electron chi connectivity index (χ2n) is 4.85. The molecule has 7 heteroatoms. The Bertz CT molecular complexity index is 594. The molecule has 106 valence electrons. The van der Waals surface area contributed by atoms with Gasteiger partial charge in [-0.1, -0.05) is 5.16 Å². The fraction of sp³-hybridized carbons (Fsp3) is 0.462. The lowest BCUT2D eigenvalue weighted by Gasteiger charge is -2.21. The summed E-state index contributed by atoms with van der Waals surface area (Å²) in [4.78, 5) is 17.7. The Labute approximate surface area is 120 Å². The number of urea groups is 1. The molecule has 3 rings (SSSR count). The zero-order valence-corrected chi connectivity index (χ0v) is 12.0. The maximum Gasteiger partial charge on any atom is 0.320 e. The molecular weight excluding hydrogens is 276 g/mol. The van der Waals surface area contributed by atoms with E-state index >= 15 is 0 Å². The van der Waals surface area contributed by atoms with Gasteiger partial charge in [0.2, 0.25) is 0 Å². The number of rotatable bonds is 3. The summed E-state index contributed by atoms with van der Waals surface area (Å²) in [6.45, 7) is 2.63. The van der Waals surface area contributed by atoms with E-state index in [0.717, 1.165) is 24.3 Å². The van der Waals surface area contributed by atoms with Crippen LogP contribution in [0.2, 0.25) is 0 Å². The van der Waals surface area contributed by atoms with E-state index < -0.39 is 0 Å². The fourth-order valence-corrected chi connectivity index (χ4v) is 3.55. The van der Waals surface area contributed by atoms with Gasteiger partial charge in [-0.25, -0.2) is 9.78 Å². The summed E-state index contributed by atoms with van der Waals surface area (Å²) in [7, 11) is 0. The Balaban J connectivity index is 1.57. The molecule has 1 atom stereocenters. The highest BCUT2D eigenvalue weighted by atomic mass is 32.1. The highest BCUT2D eigenvalue weighted by molar-refractivity contribution is 7.11. The Morgan fingerprint density at radius 1 is 1.60 bits per heavy atom. The van der Waals surface area contributed by atoms with Crippen molar-refractivity contribution in [3.8, 4) is 0 Å². The third-order valence-electron chi connectivity index (χ3n) is 3.37. The second kappa shape index (κ2) is 5.62. The number of hydrogen-bond acceptors (Lipinski definition) is 5. The highest BCUT2D eigenvalue weighted by Gasteiger charge is 2.24. The Morgan fingerprint density at radius 3 is 3.30 bits per heavy atom. The number of anilines is 1. The minimum Gasteiger partial charge on any atom is -0.363 e. The van der Waals surface area contributed by atoms with Gasteiger partial charge in [-0.3, -0.25) is 5.32 Å². The van der Waals surface area contributed by atoms with E-state index in [1.807, 2.05) is 6.92 Å². The molecule has 1 aliphatic rings. The summed E-state index contributed by atoms with van der Waals surface area (Å²) >= 11 is 1.77. The third-order valence-corrected chi connectivity index (χ3v) is 4.41. The normalized spacial score (nSPS) is 17.6. The van der Waals surface area contributed by atoms with Crippen molar-refractivity contribution in [1.29, 1.82) is 0 Å². The van der Waals surface area contributed by atoms with Crippen molar-refractivity contribution in [2.75, 3.05) is 11.9 Å². The minimum absolute atomic E-state index is 0.266. The first-order chi connectivity index (χ1) is 9.72. The molecule has 0 aromatic carbocycles. The molecule has 2 amide bonds. The fourth-order valence-electron chi connectivity index (χ4n) is 2.48. The molecule has 1 aliphatic carbocycles. The van der Waals surface area contributed by atoms with Gasteiger partial charge >= 0.3 is 6.03 Å². The van der Waals surface area contributed by atoms with Crippen molar-refractivity contribution in [2.24, 2.45) is 0 Å². The van der Waals surface area contributed by atoms with E-state index in [-0.39, 0.29) is 6.03 Å². The topological polar surface area (TPSA) is 80.0 Å². The number of hydrogen-bond donors (Lipinski definition) is 2. The van der Waals surface area contributed by atoms with E-state index in [4.69, 9.17) is 0 Å². The summed E-state index contributed by atoms with van der Waals surface area (Å²) in [6.07, 6.45) is 4.76. The van der Waals surface area contributed by atoms with Crippen LogP contribution in [0.15, 0.2) is 16.9 Å². The van der Waals surface area contributed by atoms with Gasteiger partial charge in [-0.15, -0.1) is 11.3 Å². The van der Waals surface area contributed by atoms with Crippen LogP contribution in [0.25, 0.3) is 0 Å². The van der Waals surface area contributed by atoms with Crippen LogP contribution < -0.4 is 10.6 Å². The highest BCUT2D eigenvalue weighted by Crippen LogP contribution is 2.34. The number of thiazole rings is 1. The van der Waals surface area contributed by atoms with Crippen LogP contribution in [0.5, 0.6) is 0 Å². The lowest BCUT2D eigenvalue weighted by molar-refractivity contribution is 0.250. The predicted molar refractivity (Wildman–Crippen MR) is 76.1 cm³/mol. The van der Waals surface area contributed by atoms with Gasteiger partial charge in [0.1, 0.15) is 6.26 Å². The Hall–Kier alpha value is -1.89. The smallest absolute Gasteiger partial charge is 0.320 e. The van der Waals surface area contributed by atoms with Crippen LogP contribution >= 0.6 is 11.3 Å². The second-order valence-corrected chi connectivity index (χ2v) is 6.14. The SMILES string of the molecule is Cc1nc2c(s1)CCC[C@H]2CNC(=O)Nc1ccon1. The minimum atomic E-state index is -0.266. The predicted octanol–water partition coefficient (Wildman–Crippen LogP) is 2.68. The van der Waals surface area contributed by atoms with Crippen LogP contribution in [0.4, 0.5) is 10.6 Å². The monoisotopic (exact) mass is 292 g/mol. The van der Waals surface area contributed by atoms with Crippen molar-refractivity contribution in [3.05, 3.63) is 27.9 Å². The zero-order chi connectivity index (χ0) is 13.9. The lowest BCUT2D eigenvalue weighted by atomic mass is 9.91. The maximum absolute atomic E-state index is 11.7. The van der Waals surface area contributed by atoms with Gasteiger partial charge in [-0.2, -0.15) is 0 Å². The summed E-state index contributed by atoms with van der Waals surface area (Å²) in [5, 5.41) is 10.2. The number of aromatic nitrogens is 2. The molecule has 2 N–H and O–H groups in total.